The highest BCUT2D eigenvalue weighted by molar-refractivity contribution is 5.54. The highest BCUT2D eigenvalue weighted by atomic mass is 19.1. The highest BCUT2D eigenvalue weighted by Crippen LogP contribution is 2.41. The molecule has 0 radical (unpaired) electrons. The molecule has 4 rings (SSSR count). The molecular weight excluding hydrogens is 335 g/mol. The van der Waals surface area contributed by atoms with Crippen LogP contribution in [0.2, 0.25) is 0 Å². The van der Waals surface area contributed by atoms with Crippen LogP contribution in [0, 0.1) is 5.82 Å². The molecular formula is C20H25FN2O3+2. The number of piperazine rings is 1. The molecule has 0 aromatic heterocycles. The number of ether oxygens (including phenoxy) is 3. The Labute approximate surface area is 152 Å². The molecule has 0 atom stereocenters. The van der Waals surface area contributed by atoms with E-state index in [-0.39, 0.29) is 12.6 Å². The Balaban J connectivity index is 1.34. The summed E-state index contributed by atoms with van der Waals surface area (Å²) >= 11 is 0. The van der Waals surface area contributed by atoms with Crippen LogP contribution in [0.25, 0.3) is 0 Å². The predicted octanol–water partition coefficient (Wildman–Crippen LogP) is 0.0466. The van der Waals surface area contributed by atoms with Gasteiger partial charge in [0, 0.05) is 11.1 Å². The minimum Gasteiger partial charge on any atom is -0.493 e. The molecule has 2 heterocycles. The number of hydrogen-bond acceptors (Lipinski definition) is 3. The standard InChI is InChI=1S/C20H23FN2O3/c1-24-18-10-16(11-19-20(18)26-14-25-19)13-23-7-5-22(6-8-23)12-15-3-2-4-17(21)9-15/h2-4,9-11H,5-8,12-14H2,1H3/p+2. The van der Waals surface area contributed by atoms with Gasteiger partial charge in [-0.2, -0.15) is 0 Å². The van der Waals surface area contributed by atoms with Gasteiger partial charge < -0.3 is 24.0 Å². The van der Waals surface area contributed by atoms with Crippen LogP contribution in [0.3, 0.4) is 0 Å². The molecule has 5 nitrogen and oxygen atoms in total. The summed E-state index contributed by atoms with van der Waals surface area (Å²) in [5, 5.41) is 0. The second-order valence-electron chi connectivity index (χ2n) is 7.02. The molecule has 6 heteroatoms. The lowest BCUT2D eigenvalue weighted by molar-refractivity contribution is -1.02. The number of nitrogens with one attached hydrogen (secondary N) is 2. The average molecular weight is 360 g/mol. The summed E-state index contributed by atoms with van der Waals surface area (Å²) in [6.07, 6.45) is 0. The molecule has 2 aromatic carbocycles. The highest BCUT2D eigenvalue weighted by Gasteiger charge is 2.25. The molecule has 0 amide bonds. The van der Waals surface area contributed by atoms with E-state index in [1.165, 1.54) is 16.5 Å². The molecule has 0 bridgehead atoms. The van der Waals surface area contributed by atoms with Crippen LogP contribution >= 0.6 is 0 Å². The van der Waals surface area contributed by atoms with Gasteiger partial charge in [-0.05, 0) is 24.3 Å². The van der Waals surface area contributed by atoms with Crippen LogP contribution < -0.4 is 24.0 Å². The number of halogens is 1. The van der Waals surface area contributed by atoms with E-state index in [0.29, 0.717) is 5.75 Å². The van der Waals surface area contributed by atoms with E-state index in [4.69, 9.17) is 14.2 Å². The molecule has 2 aliphatic rings. The molecule has 2 N–H and O–H groups in total. The van der Waals surface area contributed by atoms with Crippen LogP contribution in [0.4, 0.5) is 4.39 Å². The Morgan fingerprint density at radius 2 is 1.69 bits per heavy atom. The normalized spacial score (nSPS) is 21.6. The summed E-state index contributed by atoms with van der Waals surface area (Å²) in [6, 6.07) is 11.1. The summed E-state index contributed by atoms with van der Waals surface area (Å²) in [5.41, 5.74) is 2.28. The van der Waals surface area contributed by atoms with Gasteiger partial charge in [0.2, 0.25) is 12.5 Å². The first-order chi connectivity index (χ1) is 12.7. The maximum atomic E-state index is 13.3. The number of hydrogen-bond donors (Lipinski definition) is 2. The zero-order chi connectivity index (χ0) is 17.9. The van der Waals surface area contributed by atoms with E-state index in [1.54, 1.807) is 24.1 Å². The Morgan fingerprint density at radius 1 is 0.962 bits per heavy atom. The predicted molar refractivity (Wildman–Crippen MR) is 94.3 cm³/mol. The lowest BCUT2D eigenvalue weighted by Crippen LogP contribution is -3.27. The quantitative estimate of drug-likeness (QED) is 0.791. The molecule has 0 aliphatic carbocycles. The maximum Gasteiger partial charge on any atom is 0.231 e. The number of quaternary nitrogens is 2. The van der Waals surface area contributed by atoms with Crippen molar-refractivity contribution >= 4 is 0 Å². The van der Waals surface area contributed by atoms with Crippen molar-refractivity contribution in [3.8, 4) is 17.2 Å². The van der Waals surface area contributed by atoms with Crippen molar-refractivity contribution < 1.29 is 28.4 Å². The fourth-order valence-electron chi connectivity index (χ4n) is 3.82. The molecule has 2 aliphatic heterocycles. The maximum absolute atomic E-state index is 13.3. The van der Waals surface area contributed by atoms with Crippen molar-refractivity contribution in [2.24, 2.45) is 0 Å². The smallest absolute Gasteiger partial charge is 0.231 e. The molecule has 26 heavy (non-hydrogen) atoms. The first-order valence-corrected chi connectivity index (χ1v) is 9.09. The first kappa shape index (κ1) is 17.1. The summed E-state index contributed by atoms with van der Waals surface area (Å²) in [7, 11) is 1.66. The number of methoxy groups -OCH3 is 1. The van der Waals surface area contributed by atoms with Crippen molar-refractivity contribution in [2.75, 3.05) is 40.1 Å². The van der Waals surface area contributed by atoms with Crippen molar-refractivity contribution in [3.05, 3.63) is 53.3 Å². The van der Waals surface area contributed by atoms with E-state index in [1.807, 2.05) is 12.1 Å². The van der Waals surface area contributed by atoms with Gasteiger partial charge in [-0.3, -0.25) is 0 Å². The minimum atomic E-state index is -0.150. The minimum absolute atomic E-state index is 0.150. The molecule has 1 saturated heterocycles. The van der Waals surface area contributed by atoms with Gasteiger partial charge in [0.1, 0.15) is 45.1 Å². The number of fused-ring (bicyclic) bond motifs is 1. The van der Waals surface area contributed by atoms with E-state index >= 15 is 0 Å². The Hall–Kier alpha value is -2.31. The monoisotopic (exact) mass is 360 g/mol. The van der Waals surface area contributed by atoms with E-state index in [2.05, 4.69) is 6.07 Å². The Bertz CT molecular complexity index is 776. The zero-order valence-corrected chi connectivity index (χ0v) is 15.0. The number of rotatable bonds is 5. The molecule has 1 fully saturated rings. The summed E-state index contributed by atoms with van der Waals surface area (Å²) < 4.78 is 29.7. The van der Waals surface area contributed by atoms with Gasteiger partial charge in [-0.25, -0.2) is 4.39 Å². The molecule has 0 saturated carbocycles. The van der Waals surface area contributed by atoms with E-state index < -0.39 is 0 Å². The molecule has 2 aromatic rings. The molecule has 0 spiro atoms. The summed E-state index contributed by atoms with van der Waals surface area (Å²) in [6.45, 7) is 6.47. The second-order valence-corrected chi connectivity index (χ2v) is 7.02. The zero-order valence-electron chi connectivity index (χ0n) is 15.0. The van der Waals surface area contributed by atoms with Gasteiger partial charge in [0.15, 0.2) is 11.5 Å². The van der Waals surface area contributed by atoms with Crippen LogP contribution in [0.15, 0.2) is 36.4 Å². The van der Waals surface area contributed by atoms with Crippen molar-refractivity contribution in [2.45, 2.75) is 13.1 Å². The topological polar surface area (TPSA) is 36.6 Å². The molecule has 138 valence electrons. The van der Waals surface area contributed by atoms with Crippen molar-refractivity contribution in [1.82, 2.24) is 0 Å². The first-order valence-electron chi connectivity index (χ1n) is 9.09. The summed E-state index contributed by atoms with van der Waals surface area (Å²) in [5.74, 6) is 2.07. The van der Waals surface area contributed by atoms with Gasteiger partial charge in [-0.15, -0.1) is 0 Å². The fraction of sp³-hybridized carbons (Fsp3) is 0.400. The van der Waals surface area contributed by atoms with E-state index in [9.17, 15) is 4.39 Å². The van der Waals surface area contributed by atoms with Crippen LogP contribution in [0.1, 0.15) is 11.1 Å². The van der Waals surface area contributed by atoms with Gasteiger partial charge in [0.25, 0.3) is 0 Å². The van der Waals surface area contributed by atoms with Crippen molar-refractivity contribution in [1.29, 1.82) is 0 Å². The Morgan fingerprint density at radius 3 is 2.38 bits per heavy atom. The SMILES string of the molecule is COc1cc(C[NH+]2CC[NH+](Cc3cccc(F)c3)CC2)cc2c1OCO2. The lowest BCUT2D eigenvalue weighted by atomic mass is 10.1. The van der Waals surface area contributed by atoms with E-state index in [0.717, 1.165) is 56.3 Å². The third-order valence-corrected chi connectivity index (χ3v) is 5.18. The van der Waals surface area contributed by atoms with Gasteiger partial charge in [0.05, 0.1) is 7.11 Å². The fourth-order valence-corrected chi connectivity index (χ4v) is 3.82. The van der Waals surface area contributed by atoms with Crippen LogP contribution in [0.5, 0.6) is 17.2 Å². The average Bonchev–Trinajstić information content (AvgIpc) is 3.11. The third-order valence-electron chi connectivity index (χ3n) is 5.18. The van der Waals surface area contributed by atoms with Gasteiger partial charge >= 0.3 is 0 Å². The van der Waals surface area contributed by atoms with Crippen LogP contribution in [-0.2, 0) is 13.1 Å². The Kier molecular flexibility index (Phi) is 4.95. The third kappa shape index (κ3) is 3.76. The molecule has 0 unspecified atom stereocenters. The summed E-state index contributed by atoms with van der Waals surface area (Å²) in [4.78, 5) is 3.07. The van der Waals surface area contributed by atoms with Crippen molar-refractivity contribution in [3.63, 3.8) is 0 Å². The number of benzene rings is 2. The second kappa shape index (κ2) is 7.51. The largest absolute Gasteiger partial charge is 0.493 e. The van der Waals surface area contributed by atoms with Crippen LogP contribution in [-0.4, -0.2) is 40.1 Å². The van der Waals surface area contributed by atoms with Gasteiger partial charge in [-0.1, -0.05) is 12.1 Å². The lowest BCUT2D eigenvalue weighted by Gasteiger charge is -2.30.